The molecular formula is C13H16ClN5O. The van der Waals surface area contributed by atoms with Crippen molar-refractivity contribution < 1.29 is 4.79 Å². The van der Waals surface area contributed by atoms with E-state index in [1.807, 2.05) is 25.1 Å². The van der Waals surface area contributed by atoms with Crippen molar-refractivity contribution in [2.24, 2.45) is 5.73 Å². The highest BCUT2D eigenvalue weighted by molar-refractivity contribution is 6.31. The third-order valence-corrected chi connectivity index (χ3v) is 3.19. The lowest BCUT2D eigenvalue weighted by Gasteiger charge is -2.15. The topological polar surface area (TPSA) is 85.8 Å². The Morgan fingerprint density at radius 2 is 2.25 bits per heavy atom. The van der Waals surface area contributed by atoms with Gasteiger partial charge >= 0.3 is 0 Å². The first-order chi connectivity index (χ1) is 9.60. The molecule has 0 bridgehead atoms. The number of nitrogens with two attached hydrogens (primary N) is 1. The molecule has 0 fully saturated rings. The summed E-state index contributed by atoms with van der Waals surface area (Å²) in [5.74, 6) is -0.161. The van der Waals surface area contributed by atoms with E-state index in [0.717, 1.165) is 5.56 Å². The van der Waals surface area contributed by atoms with Gasteiger partial charge < -0.3 is 11.1 Å². The first-order valence-electron chi connectivity index (χ1n) is 6.23. The van der Waals surface area contributed by atoms with Crippen molar-refractivity contribution in [2.45, 2.75) is 26.1 Å². The number of nitrogens with one attached hydrogen (secondary N) is 1. The standard InChI is InChI=1S/C13H16ClN5O/c1-9(11-4-2-3-5-12(11)14)16-13(20)8-19-7-10(6-15)17-18-19/h2-5,7,9H,6,8,15H2,1H3,(H,16,20). The number of hydrogen-bond acceptors (Lipinski definition) is 4. The van der Waals surface area contributed by atoms with Crippen LogP contribution in [-0.4, -0.2) is 20.9 Å². The van der Waals surface area contributed by atoms with Gasteiger partial charge in [-0.25, -0.2) is 4.68 Å². The van der Waals surface area contributed by atoms with E-state index in [2.05, 4.69) is 15.6 Å². The Morgan fingerprint density at radius 1 is 1.50 bits per heavy atom. The maximum absolute atomic E-state index is 11.9. The lowest BCUT2D eigenvalue weighted by atomic mass is 10.1. The zero-order valence-corrected chi connectivity index (χ0v) is 11.8. The average Bonchev–Trinajstić information content (AvgIpc) is 2.86. The minimum atomic E-state index is -0.172. The Bertz CT molecular complexity index is 598. The Balaban J connectivity index is 1.96. The molecule has 0 aliphatic rings. The SMILES string of the molecule is CC(NC(=O)Cn1cc(CN)nn1)c1ccccc1Cl. The number of nitrogens with zero attached hydrogens (tertiary/aromatic N) is 3. The van der Waals surface area contributed by atoms with Crippen LogP contribution in [-0.2, 0) is 17.9 Å². The van der Waals surface area contributed by atoms with E-state index in [9.17, 15) is 4.79 Å². The molecule has 2 rings (SSSR count). The number of carbonyl (C=O) groups excluding carboxylic acids is 1. The number of rotatable bonds is 5. The Morgan fingerprint density at radius 3 is 2.90 bits per heavy atom. The van der Waals surface area contributed by atoms with Crippen LogP contribution in [0.3, 0.4) is 0 Å². The summed E-state index contributed by atoms with van der Waals surface area (Å²) in [4.78, 5) is 11.9. The van der Waals surface area contributed by atoms with Crippen molar-refractivity contribution in [3.8, 4) is 0 Å². The minimum absolute atomic E-state index is 0.0990. The fourth-order valence-electron chi connectivity index (χ4n) is 1.85. The summed E-state index contributed by atoms with van der Waals surface area (Å²) in [6.07, 6.45) is 1.65. The number of carbonyl (C=O) groups is 1. The lowest BCUT2D eigenvalue weighted by Crippen LogP contribution is -2.30. The maximum atomic E-state index is 11.9. The summed E-state index contributed by atoms with van der Waals surface area (Å²) in [5, 5.41) is 11.2. The average molecular weight is 294 g/mol. The Labute approximate surface area is 121 Å². The summed E-state index contributed by atoms with van der Waals surface area (Å²) >= 11 is 6.09. The van der Waals surface area contributed by atoms with Crippen LogP contribution in [0.2, 0.25) is 5.02 Å². The van der Waals surface area contributed by atoms with Crippen LogP contribution in [0.4, 0.5) is 0 Å². The predicted octanol–water partition coefficient (Wildman–Crippen LogP) is 1.27. The van der Waals surface area contributed by atoms with Crippen LogP contribution in [0.5, 0.6) is 0 Å². The third kappa shape index (κ3) is 3.55. The molecule has 0 radical (unpaired) electrons. The van der Waals surface area contributed by atoms with Crippen molar-refractivity contribution in [2.75, 3.05) is 0 Å². The van der Waals surface area contributed by atoms with Crippen LogP contribution >= 0.6 is 11.6 Å². The summed E-state index contributed by atoms with van der Waals surface area (Å²) < 4.78 is 1.46. The smallest absolute Gasteiger partial charge is 0.242 e. The summed E-state index contributed by atoms with van der Waals surface area (Å²) in [6.45, 7) is 2.28. The van der Waals surface area contributed by atoms with Crippen molar-refractivity contribution >= 4 is 17.5 Å². The molecule has 3 N–H and O–H groups in total. The molecule has 0 aliphatic carbocycles. The molecule has 1 amide bonds. The zero-order chi connectivity index (χ0) is 14.5. The van der Waals surface area contributed by atoms with E-state index in [1.54, 1.807) is 12.3 Å². The minimum Gasteiger partial charge on any atom is -0.348 e. The van der Waals surface area contributed by atoms with Gasteiger partial charge in [-0.1, -0.05) is 35.0 Å². The summed E-state index contributed by atoms with van der Waals surface area (Å²) in [5.41, 5.74) is 6.96. The van der Waals surface area contributed by atoms with Crippen LogP contribution < -0.4 is 11.1 Å². The molecule has 20 heavy (non-hydrogen) atoms. The van der Waals surface area contributed by atoms with Crippen molar-refractivity contribution in [3.63, 3.8) is 0 Å². The molecule has 1 atom stereocenters. The second-order valence-electron chi connectivity index (χ2n) is 4.42. The molecule has 2 aromatic rings. The van der Waals surface area contributed by atoms with Crippen molar-refractivity contribution in [3.05, 3.63) is 46.7 Å². The number of halogens is 1. The van der Waals surface area contributed by atoms with Gasteiger partial charge in [-0.2, -0.15) is 0 Å². The maximum Gasteiger partial charge on any atom is 0.242 e. The molecule has 1 unspecified atom stereocenters. The van der Waals surface area contributed by atoms with Gasteiger partial charge in [-0.05, 0) is 18.6 Å². The monoisotopic (exact) mass is 293 g/mol. The lowest BCUT2D eigenvalue weighted by molar-refractivity contribution is -0.122. The van der Waals surface area contributed by atoms with E-state index in [4.69, 9.17) is 17.3 Å². The van der Waals surface area contributed by atoms with Crippen LogP contribution in [0, 0.1) is 0 Å². The number of amides is 1. The highest BCUT2D eigenvalue weighted by atomic mass is 35.5. The Hall–Kier alpha value is -1.92. The molecule has 0 spiro atoms. The second kappa shape index (κ2) is 6.49. The highest BCUT2D eigenvalue weighted by Gasteiger charge is 2.13. The van der Waals surface area contributed by atoms with Gasteiger partial charge in [0.05, 0.1) is 17.9 Å². The molecule has 0 saturated carbocycles. The van der Waals surface area contributed by atoms with Gasteiger partial charge in [0.15, 0.2) is 0 Å². The van der Waals surface area contributed by atoms with Crippen molar-refractivity contribution in [1.82, 2.24) is 20.3 Å². The Kier molecular flexibility index (Phi) is 4.70. The molecule has 7 heteroatoms. The first-order valence-corrected chi connectivity index (χ1v) is 6.61. The van der Waals surface area contributed by atoms with Gasteiger partial charge in [0.2, 0.25) is 5.91 Å². The molecule has 1 aromatic heterocycles. The van der Waals surface area contributed by atoms with E-state index < -0.39 is 0 Å². The predicted molar refractivity (Wildman–Crippen MR) is 75.9 cm³/mol. The second-order valence-corrected chi connectivity index (χ2v) is 4.83. The first kappa shape index (κ1) is 14.5. The number of aromatic nitrogens is 3. The van der Waals surface area contributed by atoms with E-state index in [0.29, 0.717) is 17.3 Å². The van der Waals surface area contributed by atoms with Gasteiger partial charge in [0.25, 0.3) is 0 Å². The molecule has 0 aliphatic heterocycles. The highest BCUT2D eigenvalue weighted by Crippen LogP contribution is 2.21. The summed E-state index contributed by atoms with van der Waals surface area (Å²) in [6, 6.07) is 7.24. The molecule has 106 valence electrons. The van der Waals surface area contributed by atoms with Crippen LogP contribution in [0.25, 0.3) is 0 Å². The zero-order valence-electron chi connectivity index (χ0n) is 11.1. The van der Waals surface area contributed by atoms with E-state index in [1.165, 1.54) is 4.68 Å². The third-order valence-electron chi connectivity index (χ3n) is 2.85. The van der Waals surface area contributed by atoms with Gasteiger partial charge in [0.1, 0.15) is 6.54 Å². The number of benzene rings is 1. The molecule has 1 aromatic carbocycles. The largest absolute Gasteiger partial charge is 0.348 e. The van der Waals surface area contributed by atoms with E-state index >= 15 is 0 Å². The van der Waals surface area contributed by atoms with Gasteiger partial charge in [-0.3, -0.25) is 4.79 Å². The van der Waals surface area contributed by atoms with Gasteiger partial charge in [-0.15, -0.1) is 5.10 Å². The van der Waals surface area contributed by atoms with Crippen LogP contribution in [0.15, 0.2) is 30.5 Å². The molecule has 6 nitrogen and oxygen atoms in total. The molecule has 1 heterocycles. The fraction of sp³-hybridized carbons (Fsp3) is 0.308. The van der Waals surface area contributed by atoms with Crippen molar-refractivity contribution in [1.29, 1.82) is 0 Å². The quantitative estimate of drug-likeness (QED) is 0.869. The molecule has 0 saturated heterocycles. The van der Waals surface area contributed by atoms with Crippen LogP contribution in [0.1, 0.15) is 24.2 Å². The fourth-order valence-corrected chi connectivity index (χ4v) is 2.15. The normalized spacial score (nSPS) is 12.2. The number of hydrogen-bond donors (Lipinski definition) is 2. The molecular weight excluding hydrogens is 278 g/mol. The van der Waals surface area contributed by atoms with Gasteiger partial charge in [0, 0.05) is 11.6 Å². The van der Waals surface area contributed by atoms with E-state index in [-0.39, 0.29) is 18.5 Å². The summed E-state index contributed by atoms with van der Waals surface area (Å²) in [7, 11) is 0.